The van der Waals surface area contributed by atoms with E-state index in [1.807, 2.05) is 42.7 Å². The predicted molar refractivity (Wildman–Crippen MR) is 131 cm³/mol. The number of aromatic nitrogens is 1. The number of amides is 2. The maximum absolute atomic E-state index is 12.8. The Morgan fingerprint density at radius 3 is 2.03 bits per heavy atom. The third kappa shape index (κ3) is 6.79. The molecule has 5 nitrogen and oxygen atoms in total. The maximum Gasteiger partial charge on any atom is 0.416 e. The van der Waals surface area contributed by atoms with Crippen molar-refractivity contribution < 1.29 is 27.3 Å². The van der Waals surface area contributed by atoms with Crippen molar-refractivity contribution in [3.8, 4) is 0 Å². The van der Waals surface area contributed by atoms with E-state index in [0.717, 1.165) is 24.1 Å². The second-order valence-corrected chi connectivity index (χ2v) is 8.20. The fraction of sp³-hybridized carbons (Fsp3) is 0.107. The fourth-order valence-corrected chi connectivity index (χ4v) is 3.61. The van der Waals surface area contributed by atoms with Crippen molar-refractivity contribution in [2.45, 2.75) is 19.1 Å². The van der Waals surface area contributed by atoms with Gasteiger partial charge in [0.25, 0.3) is 0 Å². The summed E-state index contributed by atoms with van der Waals surface area (Å²) >= 11 is 0. The molecule has 3 aromatic carbocycles. The molecule has 0 aliphatic heterocycles. The van der Waals surface area contributed by atoms with Crippen LogP contribution in [0.4, 0.5) is 29.3 Å². The SMILES string of the molecule is O=C(Nc1ccc(C(=O)C[n+]2ccc(Cc3ccccc3)cc2)cc1)Nc1cccc(C(F)(F)F)c1. The van der Waals surface area contributed by atoms with Gasteiger partial charge in [-0.3, -0.25) is 4.79 Å². The predicted octanol–water partition coefficient (Wildman–Crippen LogP) is 6.11. The number of Topliss-reactive ketones (excluding diaryl/α,β-unsaturated/α-hetero) is 1. The van der Waals surface area contributed by atoms with Crippen molar-refractivity contribution in [3.05, 3.63) is 126 Å². The van der Waals surface area contributed by atoms with Crippen molar-refractivity contribution in [1.29, 1.82) is 0 Å². The number of halogens is 3. The second kappa shape index (κ2) is 10.9. The first-order valence-electron chi connectivity index (χ1n) is 11.2. The van der Waals surface area contributed by atoms with Gasteiger partial charge in [-0.1, -0.05) is 36.4 Å². The highest BCUT2D eigenvalue weighted by Crippen LogP contribution is 2.30. The lowest BCUT2D eigenvalue weighted by Crippen LogP contribution is -2.37. The summed E-state index contributed by atoms with van der Waals surface area (Å²) in [5, 5.41) is 4.92. The Morgan fingerprint density at radius 1 is 0.722 bits per heavy atom. The number of nitrogens with zero attached hydrogens (tertiary/aromatic N) is 1. The van der Waals surface area contributed by atoms with Crippen LogP contribution in [0.25, 0.3) is 0 Å². The smallest absolute Gasteiger partial charge is 0.308 e. The first kappa shape index (κ1) is 24.7. The van der Waals surface area contributed by atoms with E-state index < -0.39 is 17.8 Å². The molecule has 0 unspecified atom stereocenters. The molecule has 0 aliphatic rings. The molecular weight excluding hydrogens is 467 g/mol. The lowest BCUT2D eigenvalue weighted by Gasteiger charge is -2.11. The third-order valence-electron chi connectivity index (χ3n) is 5.45. The number of anilines is 2. The van der Waals surface area contributed by atoms with Crippen LogP contribution in [-0.4, -0.2) is 11.8 Å². The van der Waals surface area contributed by atoms with Crippen LogP contribution in [-0.2, 0) is 19.1 Å². The van der Waals surface area contributed by atoms with Crippen molar-refractivity contribution in [1.82, 2.24) is 0 Å². The number of alkyl halides is 3. The first-order chi connectivity index (χ1) is 17.3. The fourth-order valence-electron chi connectivity index (χ4n) is 3.61. The van der Waals surface area contributed by atoms with E-state index in [4.69, 9.17) is 0 Å². The van der Waals surface area contributed by atoms with Gasteiger partial charge in [0, 0.05) is 29.1 Å². The summed E-state index contributed by atoms with van der Waals surface area (Å²) in [5.74, 6) is -0.101. The van der Waals surface area contributed by atoms with Crippen LogP contribution in [0, 0.1) is 0 Å². The minimum Gasteiger partial charge on any atom is -0.308 e. The van der Waals surface area contributed by atoms with Gasteiger partial charge < -0.3 is 10.6 Å². The largest absolute Gasteiger partial charge is 0.416 e. The molecule has 4 aromatic rings. The lowest BCUT2D eigenvalue weighted by molar-refractivity contribution is -0.683. The van der Waals surface area contributed by atoms with Crippen molar-refractivity contribution in [3.63, 3.8) is 0 Å². The van der Waals surface area contributed by atoms with Crippen LogP contribution in [0.3, 0.4) is 0 Å². The van der Waals surface area contributed by atoms with Gasteiger partial charge in [0.05, 0.1) is 5.56 Å². The summed E-state index contributed by atoms with van der Waals surface area (Å²) in [7, 11) is 0. The Balaban J connectivity index is 1.31. The van der Waals surface area contributed by atoms with E-state index in [1.165, 1.54) is 17.7 Å². The molecule has 1 aromatic heterocycles. The van der Waals surface area contributed by atoms with Gasteiger partial charge in [0.15, 0.2) is 12.4 Å². The van der Waals surface area contributed by atoms with Crippen molar-refractivity contribution >= 4 is 23.2 Å². The molecule has 4 rings (SSSR count). The van der Waals surface area contributed by atoms with E-state index in [0.29, 0.717) is 11.3 Å². The Labute approximate surface area is 206 Å². The number of urea groups is 1. The van der Waals surface area contributed by atoms with E-state index in [2.05, 4.69) is 22.8 Å². The summed E-state index contributed by atoms with van der Waals surface area (Å²) in [5.41, 5.74) is 2.38. The maximum atomic E-state index is 12.8. The zero-order valence-electron chi connectivity index (χ0n) is 19.1. The van der Waals surface area contributed by atoms with E-state index in [1.54, 1.807) is 28.8 Å². The Morgan fingerprint density at radius 2 is 1.36 bits per heavy atom. The number of benzene rings is 3. The van der Waals surface area contributed by atoms with Gasteiger partial charge in [0.2, 0.25) is 12.3 Å². The van der Waals surface area contributed by atoms with Crippen LogP contribution in [0.15, 0.2) is 103 Å². The van der Waals surface area contributed by atoms with Crippen LogP contribution >= 0.6 is 0 Å². The number of carbonyl (C=O) groups excluding carboxylic acids is 2. The first-order valence-corrected chi connectivity index (χ1v) is 11.2. The zero-order valence-corrected chi connectivity index (χ0v) is 19.1. The molecule has 0 spiro atoms. The summed E-state index contributed by atoms with van der Waals surface area (Å²) < 4.78 is 40.3. The average molecular weight is 491 g/mol. The average Bonchev–Trinajstić information content (AvgIpc) is 2.86. The van der Waals surface area contributed by atoms with Crippen LogP contribution in [0.2, 0.25) is 0 Å². The van der Waals surface area contributed by atoms with Crippen molar-refractivity contribution in [2.24, 2.45) is 0 Å². The quantitative estimate of drug-likeness (QED) is 0.243. The Kier molecular flexibility index (Phi) is 7.44. The van der Waals surface area contributed by atoms with Crippen molar-refractivity contribution in [2.75, 3.05) is 10.6 Å². The number of rotatable bonds is 7. The molecule has 0 bridgehead atoms. The number of ketones is 1. The molecule has 1 heterocycles. The molecule has 36 heavy (non-hydrogen) atoms. The Hall–Kier alpha value is -4.46. The van der Waals surface area contributed by atoms with Gasteiger partial charge >= 0.3 is 12.2 Å². The van der Waals surface area contributed by atoms with Crippen LogP contribution in [0.5, 0.6) is 0 Å². The van der Waals surface area contributed by atoms with Crippen LogP contribution < -0.4 is 15.2 Å². The molecule has 8 heteroatoms. The van der Waals surface area contributed by atoms with Gasteiger partial charge in [-0.05, 0) is 60.0 Å². The van der Waals surface area contributed by atoms with Gasteiger partial charge in [-0.2, -0.15) is 17.7 Å². The number of carbonyl (C=O) groups is 2. The molecule has 2 amide bonds. The molecule has 0 saturated carbocycles. The van der Waals surface area contributed by atoms with E-state index in [-0.39, 0.29) is 18.0 Å². The Bertz CT molecular complexity index is 1340. The number of nitrogens with one attached hydrogen (secondary N) is 2. The van der Waals surface area contributed by atoms with Crippen LogP contribution in [0.1, 0.15) is 27.0 Å². The topological polar surface area (TPSA) is 62.1 Å². The minimum atomic E-state index is -4.50. The van der Waals surface area contributed by atoms with E-state index in [9.17, 15) is 22.8 Å². The number of pyridine rings is 1. The minimum absolute atomic E-state index is 0.0148. The summed E-state index contributed by atoms with van der Waals surface area (Å²) in [6, 6.07) is 24.0. The molecular formula is C28H23F3N3O2+. The number of hydrogen-bond acceptors (Lipinski definition) is 2. The number of hydrogen-bond donors (Lipinski definition) is 2. The highest BCUT2D eigenvalue weighted by molar-refractivity contribution is 6.00. The molecule has 0 radical (unpaired) electrons. The molecule has 0 fully saturated rings. The zero-order chi connectivity index (χ0) is 25.5. The lowest BCUT2D eigenvalue weighted by atomic mass is 10.1. The summed E-state index contributed by atoms with van der Waals surface area (Å²) in [6.45, 7) is 0.161. The third-order valence-corrected chi connectivity index (χ3v) is 5.45. The standard InChI is InChI=1S/C28H22F3N3O2/c29-28(30,31)23-7-4-8-25(18-23)33-27(36)32-24-11-9-22(10-12-24)26(35)19-34-15-13-21(14-16-34)17-20-5-2-1-3-6-20/h1-16,18H,17,19H2,(H-,32,33,35,36)/p+1. The summed E-state index contributed by atoms with van der Waals surface area (Å²) in [4.78, 5) is 24.8. The molecule has 0 atom stereocenters. The van der Waals surface area contributed by atoms with Gasteiger partial charge in [-0.25, -0.2) is 4.79 Å². The molecule has 182 valence electrons. The summed E-state index contributed by atoms with van der Waals surface area (Å²) in [6.07, 6.45) is 0.0406. The van der Waals surface area contributed by atoms with E-state index >= 15 is 0 Å². The second-order valence-electron chi connectivity index (χ2n) is 8.20. The van der Waals surface area contributed by atoms with Gasteiger partial charge in [0.1, 0.15) is 0 Å². The normalized spacial score (nSPS) is 11.1. The molecule has 2 N–H and O–H groups in total. The highest BCUT2D eigenvalue weighted by Gasteiger charge is 2.30. The monoisotopic (exact) mass is 490 g/mol. The molecule has 0 aliphatic carbocycles. The highest BCUT2D eigenvalue weighted by atomic mass is 19.4. The molecule has 0 saturated heterocycles. The van der Waals surface area contributed by atoms with Gasteiger partial charge in [-0.15, -0.1) is 0 Å².